The molecule has 126 valence electrons. The van der Waals surface area contributed by atoms with Crippen molar-refractivity contribution in [1.29, 1.82) is 0 Å². The second kappa shape index (κ2) is 5.97. The largest absolute Gasteiger partial charge is 0.381 e. The fourth-order valence-electron chi connectivity index (χ4n) is 3.73. The molecular weight excluding hydrogens is 314 g/mol. The van der Waals surface area contributed by atoms with E-state index in [-0.39, 0.29) is 0 Å². The molecule has 1 aliphatic heterocycles. The van der Waals surface area contributed by atoms with Gasteiger partial charge in [-0.15, -0.1) is 0 Å². The van der Waals surface area contributed by atoms with Crippen molar-refractivity contribution < 1.29 is 4.74 Å². The summed E-state index contributed by atoms with van der Waals surface area (Å²) in [4.78, 5) is 16.8. The minimum Gasteiger partial charge on any atom is -0.381 e. The molecule has 1 aliphatic rings. The Kier molecular flexibility index (Phi) is 3.48. The molecule has 1 saturated heterocycles. The molecule has 4 aromatic heterocycles. The summed E-state index contributed by atoms with van der Waals surface area (Å²) in [6, 6.07) is 4.04. The molecule has 0 atom stereocenters. The van der Waals surface area contributed by atoms with Crippen LogP contribution in [0.1, 0.15) is 35.6 Å². The van der Waals surface area contributed by atoms with Gasteiger partial charge in [0, 0.05) is 44.4 Å². The summed E-state index contributed by atoms with van der Waals surface area (Å²) in [5.41, 5.74) is 6.46. The van der Waals surface area contributed by atoms with Crippen molar-refractivity contribution in [2.75, 3.05) is 13.2 Å². The summed E-state index contributed by atoms with van der Waals surface area (Å²) < 4.78 is 7.69. The number of imidazole rings is 1. The van der Waals surface area contributed by atoms with Crippen molar-refractivity contribution in [3.63, 3.8) is 0 Å². The Balaban J connectivity index is 1.60. The van der Waals surface area contributed by atoms with Crippen molar-refractivity contribution in [3.8, 4) is 0 Å². The summed E-state index contributed by atoms with van der Waals surface area (Å²) in [5.74, 6) is 0.513. The van der Waals surface area contributed by atoms with Gasteiger partial charge in [0.25, 0.3) is 0 Å². The highest BCUT2D eigenvalue weighted by Crippen LogP contribution is 2.32. The van der Waals surface area contributed by atoms with Gasteiger partial charge in [0.1, 0.15) is 0 Å². The lowest BCUT2D eigenvalue weighted by Gasteiger charge is -2.21. The first-order chi connectivity index (χ1) is 12.4. The number of hydrogen-bond donors (Lipinski definition) is 1. The zero-order valence-corrected chi connectivity index (χ0v) is 13.9. The lowest BCUT2D eigenvalue weighted by molar-refractivity contribution is 0.0856. The van der Waals surface area contributed by atoms with Gasteiger partial charge in [-0.1, -0.05) is 6.07 Å². The SMILES string of the molecule is c1cncc(Cc2cn3c(cnc4[nH]cc(C5CCOCC5)c43)n2)c1. The molecular formula is C19H19N5O. The number of fused-ring (bicyclic) bond motifs is 3. The van der Waals surface area contributed by atoms with Gasteiger partial charge in [0.05, 0.1) is 17.4 Å². The van der Waals surface area contributed by atoms with Gasteiger partial charge in [-0.25, -0.2) is 9.97 Å². The summed E-state index contributed by atoms with van der Waals surface area (Å²) in [7, 11) is 0. The first-order valence-electron chi connectivity index (χ1n) is 8.69. The van der Waals surface area contributed by atoms with Crippen molar-refractivity contribution >= 4 is 16.8 Å². The number of aromatic nitrogens is 5. The van der Waals surface area contributed by atoms with Crippen molar-refractivity contribution in [3.05, 3.63) is 59.9 Å². The number of nitrogens with zero attached hydrogens (tertiary/aromatic N) is 4. The highest BCUT2D eigenvalue weighted by Gasteiger charge is 2.21. The fraction of sp³-hybridized carbons (Fsp3) is 0.316. The lowest BCUT2D eigenvalue weighted by Crippen LogP contribution is -2.14. The van der Waals surface area contributed by atoms with E-state index in [1.807, 2.05) is 18.5 Å². The Labute approximate surface area is 144 Å². The average molecular weight is 333 g/mol. The molecule has 0 aromatic carbocycles. The summed E-state index contributed by atoms with van der Waals surface area (Å²) >= 11 is 0. The second-order valence-electron chi connectivity index (χ2n) is 6.58. The van der Waals surface area contributed by atoms with Gasteiger partial charge >= 0.3 is 0 Å². The molecule has 1 N–H and O–H groups in total. The Morgan fingerprint density at radius 3 is 3.00 bits per heavy atom. The van der Waals surface area contributed by atoms with Crippen LogP contribution in [-0.2, 0) is 11.2 Å². The summed E-state index contributed by atoms with van der Waals surface area (Å²) in [5, 5.41) is 0. The van der Waals surface area contributed by atoms with Crippen molar-refractivity contribution in [2.45, 2.75) is 25.2 Å². The second-order valence-corrected chi connectivity index (χ2v) is 6.58. The summed E-state index contributed by atoms with van der Waals surface area (Å²) in [6.45, 7) is 1.66. The number of H-pyrrole nitrogens is 1. The van der Waals surface area contributed by atoms with Crippen LogP contribution in [-0.4, -0.2) is 37.6 Å². The third-order valence-corrected chi connectivity index (χ3v) is 4.96. The first-order valence-corrected chi connectivity index (χ1v) is 8.69. The van der Waals surface area contributed by atoms with Gasteiger partial charge in [-0.3, -0.25) is 9.38 Å². The predicted molar refractivity (Wildman–Crippen MR) is 94.7 cm³/mol. The predicted octanol–water partition coefficient (Wildman–Crippen LogP) is 3.09. The van der Waals surface area contributed by atoms with Crippen LogP contribution in [0.15, 0.2) is 43.1 Å². The van der Waals surface area contributed by atoms with E-state index in [9.17, 15) is 0 Å². The number of rotatable bonds is 3. The molecule has 0 saturated carbocycles. The highest BCUT2D eigenvalue weighted by atomic mass is 16.5. The Morgan fingerprint density at radius 2 is 2.16 bits per heavy atom. The first kappa shape index (κ1) is 14.6. The van der Waals surface area contributed by atoms with E-state index in [2.05, 4.69) is 37.8 Å². The third-order valence-electron chi connectivity index (χ3n) is 4.96. The third kappa shape index (κ3) is 2.59. The monoisotopic (exact) mass is 333 g/mol. The van der Waals surface area contributed by atoms with Crippen LogP contribution >= 0.6 is 0 Å². The Bertz CT molecular complexity index is 1010. The Morgan fingerprint density at radius 1 is 1.24 bits per heavy atom. The molecule has 4 aromatic rings. The molecule has 5 rings (SSSR count). The van der Waals surface area contributed by atoms with Crippen LogP contribution in [0, 0.1) is 0 Å². The van der Waals surface area contributed by atoms with Gasteiger partial charge in [-0.2, -0.15) is 0 Å². The normalized spacial score (nSPS) is 16.0. The molecule has 0 unspecified atom stereocenters. The molecule has 1 fully saturated rings. The van der Waals surface area contributed by atoms with E-state index >= 15 is 0 Å². The van der Waals surface area contributed by atoms with Crippen LogP contribution in [0.4, 0.5) is 0 Å². The quantitative estimate of drug-likeness (QED) is 0.625. The minimum atomic E-state index is 0.513. The van der Waals surface area contributed by atoms with E-state index in [1.165, 1.54) is 5.56 Å². The molecule has 6 heteroatoms. The van der Waals surface area contributed by atoms with Crippen LogP contribution < -0.4 is 0 Å². The maximum atomic E-state index is 5.52. The van der Waals surface area contributed by atoms with Gasteiger partial charge in [-0.05, 0) is 36.0 Å². The smallest absolute Gasteiger partial charge is 0.156 e. The molecule has 25 heavy (non-hydrogen) atoms. The van der Waals surface area contributed by atoms with Crippen molar-refractivity contribution in [1.82, 2.24) is 24.3 Å². The van der Waals surface area contributed by atoms with Gasteiger partial charge < -0.3 is 9.72 Å². The highest BCUT2D eigenvalue weighted by molar-refractivity contribution is 5.79. The van der Waals surface area contributed by atoms with E-state index in [0.717, 1.165) is 60.5 Å². The summed E-state index contributed by atoms with van der Waals surface area (Å²) in [6.07, 6.45) is 12.6. The lowest BCUT2D eigenvalue weighted by atomic mass is 9.93. The zero-order chi connectivity index (χ0) is 16.6. The molecule has 0 amide bonds. The maximum Gasteiger partial charge on any atom is 0.156 e. The fourth-order valence-corrected chi connectivity index (χ4v) is 3.73. The molecule has 6 nitrogen and oxygen atoms in total. The number of aromatic amines is 1. The number of ether oxygens (including phenoxy) is 1. The van der Waals surface area contributed by atoms with Crippen LogP contribution in [0.25, 0.3) is 16.8 Å². The average Bonchev–Trinajstić information content (AvgIpc) is 3.26. The molecule has 0 spiro atoms. The van der Waals surface area contributed by atoms with Crippen LogP contribution in [0.3, 0.4) is 0 Å². The molecule has 0 aliphatic carbocycles. The van der Waals surface area contributed by atoms with Gasteiger partial charge in [0.2, 0.25) is 0 Å². The van der Waals surface area contributed by atoms with Gasteiger partial charge in [0.15, 0.2) is 11.3 Å². The minimum absolute atomic E-state index is 0.513. The molecule has 5 heterocycles. The number of pyridine rings is 1. The van der Waals surface area contributed by atoms with E-state index in [0.29, 0.717) is 5.92 Å². The number of hydrogen-bond acceptors (Lipinski definition) is 4. The standard InChI is InChI=1S/C19H19N5O/c1-2-13(9-20-5-1)8-15-12-24-17(23-15)11-22-19-18(24)16(10-21-19)14-3-6-25-7-4-14/h1-2,5,9-12,14,21H,3-4,6-8H2. The molecule has 0 bridgehead atoms. The van der Waals surface area contributed by atoms with E-state index < -0.39 is 0 Å². The zero-order valence-electron chi connectivity index (χ0n) is 13.9. The van der Waals surface area contributed by atoms with Crippen LogP contribution in [0.2, 0.25) is 0 Å². The van der Waals surface area contributed by atoms with Crippen molar-refractivity contribution in [2.24, 2.45) is 0 Å². The number of nitrogens with one attached hydrogen (secondary N) is 1. The molecule has 0 radical (unpaired) electrons. The van der Waals surface area contributed by atoms with E-state index in [1.54, 1.807) is 6.20 Å². The maximum absolute atomic E-state index is 5.52. The van der Waals surface area contributed by atoms with E-state index in [4.69, 9.17) is 9.72 Å². The topological polar surface area (TPSA) is 68.1 Å². The van der Waals surface area contributed by atoms with Crippen LogP contribution in [0.5, 0.6) is 0 Å². The Hall–Kier alpha value is -2.73.